The first-order chi connectivity index (χ1) is 7.75. The largest absolute Gasteiger partial charge is 0.313 e. The zero-order valence-corrected chi connectivity index (χ0v) is 10.8. The minimum atomic E-state index is -0.431. The van der Waals surface area contributed by atoms with Gasteiger partial charge in [0.05, 0.1) is 9.95 Å². The predicted molar refractivity (Wildman–Crippen MR) is 69.9 cm³/mol. The second kappa shape index (κ2) is 6.78. The maximum absolute atomic E-state index is 10.4. The highest BCUT2D eigenvalue weighted by molar-refractivity contribution is 7.99. The summed E-state index contributed by atoms with van der Waals surface area (Å²) in [6, 6.07) is 3.76. The normalized spacial score (nSPS) is 18.7. The summed E-state index contributed by atoms with van der Waals surface area (Å²) in [6.07, 6.45) is 3.75. The summed E-state index contributed by atoms with van der Waals surface area (Å²) < 4.78 is 0. The number of hydrogen-bond donors (Lipinski definition) is 1. The van der Waals surface area contributed by atoms with Crippen molar-refractivity contribution < 1.29 is 4.92 Å². The van der Waals surface area contributed by atoms with Gasteiger partial charge in [0, 0.05) is 17.9 Å². The standard InChI is InChI=1S/C10H13N3O2S.ClH/c14-13(15)9-3-4-10(12-6-9)16-7-8-2-1-5-11-8;/h3-4,6,8,11H,1-2,5,7H2;1H. The van der Waals surface area contributed by atoms with Crippen molar-refractivity contribution in [3.05, 3.63) is 28.4 Å². The molecule has 0 aliphatic carbocycles. The van der Waals surface area contributed by atoms with E-state index in [1.165, 1.54) is 25.1 Å². The van der Waals surface area contributed by atoms with Crippen molar-refractivity contribution >= 4 is 29.9 Å². The third kappa shape index (κ3) is 4.14. The number of thioether (sulfide) groups is 1. The van der Waals surface area contributed by atoms with E-state index in [1.54, 1.807) is 17.8 Å². The van der Waals surface area contributed by atoms with Crippen LogP contribution < -0.4 is 5.32 Å². The molecule has 0 bridgehead atoms. The van der Waals surface area contributed by atoms with Crippen LogP contribution in [0.5, 0.6) is 0 Å². The lowest BCUT2D eigenvalue weighted by Gasteiger charge is -2.08. The minimum absolute atomic E-state index is 0. The van der Waals surface area contributed by atoms with E-state index in [0.29, 0.717) is 6.04 Å². The summed E-state index contributed by atoms with van der Waals surface area (Å²) in [5.74, 6) is 0.977. The Balaban J connectivity index is 0.00000144. The number of halogens is 1. The highest BCUT2D eigenvalue weighted by atomic mass is 35.5. The maximum atomic E-state index is 10.4. The van der Waals surface area contributed by atoms with Gasteiger partial charge in [0.25, 0.3) is 5.69 Å². The first-order valence-corrected chi connectivity index (χ1v) is 6.21. The lowest BCUT2D eigenvalue weighted by Crippen LogP contribution is -2.23. The van der Waals surface area contributed by atoms with Crippen molar-refractivity contribution in [3.63, 3.8) is 0 Å². The van der Waals surface area contributed by atoms with Crippen molar-refractivity contribution in [3.8, 4) is 0 Å². The summed E-state index contributed by atoms with van der Waals surface area (Å²) in [4.78, 5) is 14.1. The van der Waals surface area contributed by atoms with Crippen molar-refractivity contribution in [2.24, 2.45) is 0 Å². The average molecular weight is 276 g/mol. The number of nitro groups is 1. The molecular formula is C10H14ClN3O2S. The van der Waals surface area contributed by atoms with E-state index < -0.39 is 4.92 Å². The average Bonchev–Trinajstić information content (AvgIpc) is 2.80. The van der Waals surface area contributed by atoms with Crippen LogP contribution in [0, 0.1) is 10.1 Å². The van der Waals surface area contributed by atoms with Gasteiger partial charge in [0.1, 0.15) is 6.20 Å². The van der Waals surface area contributed by atoms with Gasteiger partial charge in [-0.2, -0.15) is 0 Å². The fourth-order valence-electron chi connectivity index (χ4n) is 1.65. The Morgan fingerprint density at radius 1 is 1.59 bits per heavy atom. The molecular weight excluding hydrogens is 262 g/mol. The molecule has 0 radical (unpaired) electrons. The van der Waals surface area contributed by atoms with Crippen LogP contribution in [0.25, 0.3) is 0 Å². The maximum Gasteiger partial charge on any atom is 0.287 e. The van der Waals surface area contributed by atoms with Crippen molar-refractivity contribution in [2.45, 2.75) is 23.9 Å². The topological polar surface area (TPSA) is 68.1 Å². The lowest BCUT2D eigenvalue weighted by molar-refractivity contribution is -0.385. The van der Waals surface area contributed by atoms with Crippen LogP contribution in [0.15, 0.2) is 23.4 Å². The molecule has 1 N–H and O–H groups in total. The molecule has 1 saturated heterocycles. The van der Waals surface area contributed by atoms with E-state index in [1.807, 2.05) is 0 Å². The molecule has 94 valence electrons. The van der Waals surface area contributed by atoms with E-state index in [9.17, 15) is 10.1 Å². The fraction of sp³-hybridized carbons (Fsp3) is 0.500. The first kappa shape index (κ1) is 14.2. The second-order valence-corrected chi connectivity index (χ2v) is 4.76. The molecule has 0 saturated carbocycles. The van der Waals surface area contributed by atoms with Gasteiger partial charge in [-0.25, -0.2) is 4.98 Å². The molecule has 2 rings (SSSR count). The highest BCUT2D eigenvalue weighted by Gasteiger charge is 2.14. The zero-order chi connectivity index (χ0) is 11.4. The van der Waals surface area contributed by atoms with Gasteiger partial charge in [-0.3, -0.25) is 10.1 Å². The number of pyridine rings is 1. The van der Waals surface area contributed by atoms with Crippen LogP contribution in [-0.4, -0.2) is 28.2 Å². The SMILES string of the molecule is Cl.O=[N+]([O-])c1ccc(SCC2CCCN2)nc1. The smallest absolute Gasteiger partial charge is 0.287 e. The van der Waals surface area contributed by atoms with Crippen LogP contribution in [0.3, 0.4) is 0 Å². The van der Waals surface area contributed by atoms with Gasteiger partial charge in [-0.05, 0) is 25.5 Å². The molecule has 1 aliphatic rings. The molecule has 5 nitrogen and oxygen atoms in total. The number of aromatic nitrogens is 1. The van der Waals surface area contributed by atoms with E-state index in [2.05, 4.69) is 10.3 Å². The molecule has 1 aliphatic heterocycles. The van der Waals surface area contributed by atoms with E-state index >= 15 is 0 Å². The first-order valence-electron chi connectivity index (χ1n) is 5.22. The van der Waals surface area contributed by atoms with E-state index in [0.717, 1.165) is 17.3 Å². The van der Waals surface area contributed by atoms with Gasteiger partial charge in [-0.15, -0.1) is 24.2 Å². The molecule has 1 aromatic heterocycles. The molecule has 0 amide bonds. The Kier molecular flexibility index (Phi) is 5.67. The summed E-state index contributed by atoms with van der Waals surface area (Å²) >= 11 is 1.64. The quantitative estimate of drug-likeness (QED) is 0.519. The predicted octanol–water partition coefficient (Wildman–Crippen LogP) is 2.26. The third-order valence-corrected chi connectivity index (χ3v) is 3.63. The van der Waals surface area contributed by atoms with Crippen LogP contribution >= 0.6 is 24.2 Å². The second-order valence-electron chi connectivity index (χ2n) is 3.72. The summed E-state index contributed by atoms with van der Waals surface area (Å²) in [6.45, 7) is 1.10. The van der Waals surface area contributed by atoms with Crippen molar-refractivity contribution in [1.29, 1.82) is 0 Å². The van der Waals surface area contributed by atoms with Crippen LogP contribution in [0.4, 0.5) is 5.69 Å². The minimum Gasteiger partial charge on any atom is -0.313 e. The summed E-state index contributed by atoms with van der Waals surface area (Å²) in [5, 5.41) is 14.7. The summed E-state index contributed by atoms with van der Waals surface area (Å²) in [7, 11) is 0. The van der Waals surface area contributed by atoms with Gasteiger partial charge >= 0.3 is 0 Å². The van der Waals surface area contributed by atoms with Crippen molar-refractivity contribution in [1.82, 2.24) is 10.3 Å². The molecule has 17 heavy (non-hydrogen) atoms. The van der Waals surface area contributed by atoms with Crippen LogP contribution in [0.2, 0.25) is 0 Å². The van der Waals surface area contributed by atoms with Gasteiger partial charge in [0.2, 0.25) is 0 Å². The molecule has 7 heteroatoms. The third-order valence-electron chi connectivity index (χ3n) is 2.53. The Morgan fingerprint density at radius 2 is 2.41 bits per heavy atom. The molecule has 2 heterocycles. The van der Waals surface area contributed by atoms with Gasteiger partial charge in [-0.1, -0.05) is 0 Å². The van der Waals surface area contributed by atoms with Crippen LogP contribution in [-0.2, 0) is 0 Å². The van der Waals surface area contributed by atoms with Gasteiger partial charge in [0.15, 0.2) is 0 Å². The molecule has 1 fully saturated rings. The van der Waals surface area contributed by atoms with Crippen LogP contribution in [0.1, 0.15) is 12.8 Å². The monoisotopic (exact) mass is 275 g/mol. The Hall–Kier alpha value is -0.850. The Morgan fingerprint density at radius 3 is 2.94 bits per heavy atom. The lowest BCUT2D eigenvalue weighted by atomic mass is 10.3. The van der Waals surface area contributed by atoms with E-state index in [4.69, 9.17) is 0 Å². The molecule has 0 spiro atoms. The highest BCUT2D eigenvalue weighted by Crippen LogP contribution is 2.21. The number of rotatable bonds is 4. The summed E-state index contributed by atoms with van der Waals surface area (Å²) in [5.41, 5.74) is 0.0448. The fourth-order valence-corrected chi connectivity index (χ4v) is 2.60. The zero-order valence-electron chi connectivity index (χ0n) is 9.17. The molecule has 1 atom stereocenters. The number of hydrogen-bond acceptors (Lipinski definition) is 5. The van der Waals surface area contributed by atoms with Gasteiger partial charge < -0.3 is 5.32 Å². The molecule has 1 unspecified atom stereocenters. The molecule has 1 aromatic rings. The number of nitrogens with one attached hydrogen (secondary N) is 1. The van der Waals surface area contributed by atoms with E-state index in [-0.39, 0.29) is 18.1 Å². The van der Waals surface area contributed by atoms with Crippen molar-refractivity contribution in [2.75, 3.05) is 12.3 Å². The number of nitrogens with zero attached hydrogens (tertiary/aromatic N) is 2. The molecule has 0 aromatic carbocycles. The Labute approximate surface area is 110 Å². The Bertz CT molecular complexity index is 368.